The van der Waals surface area contributed by atoms with Gasteiger partial charge in [-0.2, -0.15) is 0 Å². The first kappa shape index (κ1) is 13.3. The highest BCUT2D eigenvalue weighted by Crippen LogP contribution is 2.25. The molecule has 0 heterocycles. The van der Waals surface area contributed by atoms with Crippen LogP contribution in [0.3, 0.4) is 0 Å². The van der Waals surface area contributed by atoms with Crippen molar-refractivity contribution in [3.05, 3.63) is 44.7 Å². The lowest BCUT2D eigenvalue weighted by molar-refractivity contribution is 0.415. The molecule has 0 fully saturated rings. The van der Waals surface area contributed by atoms with E-state index in [0.29, 0.717) is 23.7 Å². The van der Waals surface area contributed by atoms with Crippen LogP contribution in [0.2, 0.25) is 0 Å². The highest BCUT2D eigenvalue weighted by atomic mass is 16.5. The average molecular weight is 259 g/mol. The largest absolute Gasteiger partial charge is 0.497 e. The summed E-state index contributed by atoms with van der Waals surface area (Å²) >= 11 is 0. The monoisotopic (exact) mass is 259 g/mol. The van der Waals surface area contributed by atoms with E-state index in [2.05, 4.69) is 5.32 Å². The minimum Gasteiger partial charge on any atom is -0.497 e. The third kappa shape index (κ3) is 2.52. The molecule has 0 saturated heterocycles. The predicted molar refractivity (Wildman–Crippen MR) is 76.7 cm³/mol. The molecule has 0 spiro atoms. The van der Waals surface area contributed by atoms with Crippen molar-refractivity contribution in [3.63, 3.8) is 0 Å². The maximum atomic E-state index is 11.7. The van der Waals surface area contributed by atoms with Crippen LogP contribution in [0.4, 0.5) is 5.69 Å². The van der Waals surface area contributed by atoms with Gasteiger partial charge in [0.25, 0.3) is 0 Å². The number of nitrogens with one attached hydrogen (secondary N) is 1. The molecule has 4 heteroatoms. The van der Waals surface area contributed by atoms with E-state index in [4.69, 9.17) is 4.74 Å². The van der Waals surface area contributed by atoms with Gasteiger partial charge in [-0.05, 0) is 23.6 Å². The summed E-state index contributed by atoms with van der Waals surface area (Å²) in [7, 11) is 1.59. The van der Waals surface area contributed by atoms with E-state index in [1.165, 1.54) is 0 Å². The van der Waals surface area contributed by atoms with Crippen LogP contribution < -0.4 is 20.9 Å². The van der Waals surface area contributed by atoms with Gasteiger partial charge in [0.05, 0.1) is 18.4 Å². The normalized spacial score (nSPS) is 10.9. The second kappa shape index (κ2) is 5.26. The Bertz CT molecular complexity index is 634. The standard InChI is InChI=1S/C15H17NO3/c1-9(2)8-16-13-12(14(17)15(13)18)10-4-6-11(19-3)7-5-10/h4-7,9,16H,8H2,1-3H3. The van der Waals surface area contributed by atoms with Gasteiger partial charge in [-0.15, -0.1) is 0 Å². The minimum absolute atomic E-state index is 0.410. The summed E-state index contributed by atoms with van der Waals surface area (Å²) in [4.78, 5) is 23.3. The van der Waals surface area contributed by atoms with Gasteiger partial charge >= 0.3 is 0 Å². The molecule has 1 N–H and O–H groups in total. The van der Waals surface area contributed by atoms with Gasteiger partial charge in [0.1, 0.15) is 5.75 Å². The zero-order valence-corrected chi connectivity index (χ0v) is 11.3. The molecule has 0 unspecified atom stereocenters. The van der Waals surface area contributed by atoms with Crippen molar-refractivity contribution < 1.29 is 4.74 Å². The fourth-order valence-electron chi connectivity index (χ4n) is 1.90. The topological polar surface area (TPSA) is 55.4 Å². The molecule has 0 atom stereocenters. The van der Waals surface area contributed by atoms with Crippen LogP contribution in [0.15, 0.2) is 33.9 Å². The van der Waals surface area contributed by atoms with E-state index in [9.17, 15) is 9.59 Å². The van der Waals surface area contributed by atoms with Gasteiger partial charge in [0.2, 0.25) is 10.9 Å². The first-order valence-corrected chi connectivity index (χ1v) is 6.26. The predicted octanol–water partition coefficient (Wildman–Crippen LogP) is 2.03. The number of anilines is 1. The van der Waals surface area contributed by atoms with Crippen molar-refractivity contribution in [1.29, 1.82) is 0 Å². The number of rotatable bonds is 5. The minimum atomic E-state index is -0.425. The molecule has 0 radical (unpaired) electrons. The maximum absolute atomic E-state index is 11.7. The molecule has 0 aliphatic rings. The van der Waals surface area contributed by atoms with Crippen LogP contribution in [0, 0.1) is 5.92 Å². The second-order valence-corrected chi connectivity index (χ2v) is 4.91. The molecule has 2 rings (SSSR count). The number of hydrogen-bond donors (Lipinski definition) is 1. The van der Waals surface area contributed by atoms with E-state index in [1.807, 2.05) is 13.8 Å². The fourth-order valence-corrected chi connectivity index (χ4v) is 1.90. The summed E-state index contributed by atoms with van der Waals surface area (Å²) in [6, 6.07) is 7.13. The Hall–Kier alpha value is -2.10. The Morgan fingerprint density at radius 1 is 1.11 bits per heavy atom. The smallest absolute Gasteiger partial charge is 0.250 e. The van der Waals surface area contributed by atoms with Gasteiger partial charge in [0.15, 0.2) is 0 Å². The number of benzene rings is 1. The Morgan fingerprint density at radius 3 is 2.26 bits per heavy atom. The van der Waals surface area contributed by atoms with Crippen LogP contribution >= 0.6 is 0 Å². The van der Waals surface area contributed by atoms with Gasteiger partial charge < -0.3 is 10.1 Å². The highest BCUT2D eigenvalue weighted by molar-refractivity contribution is 5.82. The number of hydrogen-bond acceptors (Lipinski definition) is 4. The molecule has 0 aliphatic heterocycles. The molecular formula is C15H17NO3. The fraction of sp³-hybridized carbons (Fsp3) is 0.333. The Morgan fingerprint density at radius 2 is 1.74 bits per heavy atom. The van der Waals surface area contributed by atoms with Gasteiger partial charge in [-0.1, -0.05) is 26.0 Å². The molecule has 0 amide bonds. The zero-order valence-electron chi connectivity index (χ0n) is 11.3. The van der Waals surface area contributed by atoms with Crippen LogP contribution in [-0.4, -0.2) is 13.7 Å². The molecule has 4 nitrogen and oxygen atoms in total. The molecule has 19 heavy (non-hydrogen) atoms. The number of ether oxygens (including phenoxy) is 1. The third-order valence-corrected chi connectivity index (χ3v) is 2.98. The average Bonchev–Trinajstić information content (AvgIpc) is 2.42. The highest BCUT2D eigenvalue weighted by Gasteiger charge is 2.21. The lowest BCUT2D eigenvalue weighted by atomic mass is 9.98. The molecule has 100 valence electrons. The van der Waals surface area contributed by atoms with Gasteiger partial charge in [-0.25, -0.2) is 0 Å². The summed E-state index contributed by atoms with van der Waals surface area (Å²) in [5.74, 6) is 1.13. The molecule has 0 aromatic heterocycles. The summed E-state index contributed by atoms with van der Waals surface area (Å²) in [6.07, 6.45) is 0. The first-order chi connectivity index (χ1) is 9.04. The van der Waals surface area contributed by atoms with Gasteiger partial charge in [0, 0.05) is 6.54 Å². The van der Waals surface area contributed by atoms with Crippen LogP contribution in [0.25, 0.3) is 11.1 Å². The quantitative estimate of drug-likeness (QED) is 0.835. The number of methoxy groups -OCH3 is 1. The van der Waals surface area contributed by atoms with Crippen molar-refractivity contribution in [1.82, 2.24) is 0 Å². The van der Waals surface area contributed by atoms with E-state index in [1.54, 1.807) is 31.4 Å². The first-order valence-electron chi connectivity index (χ1n) is 6.26. The molecule has 2 aromatic carbocycles. The Balaban J connectivity index is 2.31. The van der Waals surface area contributed by atoms with Crippen molar-refractivity contribution in [3.8, 4) is 16.9 Å². The summed E-state index contributed by atoms with van der Waals surface area (Å²) in [5.41, 5.74) is 0.816. The van der Waals surface area contributed by atoms with Crippen molar-refractivity contribution in [2.75, 3.05) is 19.0 Å². The molecule has 0 aliphatic carbocycles. The van der Waals surface area contributed by atoms with Crippen molar-refractivity contribution >= 4 is 5.69 Å². The molecule has 0 bridgehead atoms. The van der Waals surface area contributed by atoms with E-state index in [-0.39, 0.29) is 0 Å². The second-order valence-electron chi connectivity index (χ2n) is 4.91. The van der Waals surface area contributed by atoms with Crippen molar-refractivity contribution in [2.45, 2.75) is 13.8 Å². The lowest BCUT2D eigenvalue weighted by Crippen LogP contribution is -2.36. The zero-order chi connectivity index (χ0) is 14.0. The van der Waals surface area contributed by atoms with E-state index in [0.717, 1.165) is 11.3 Å². The SMILES string of the molecule is COc1ccc(-c2c(NCC(C)C)c(=O)c2=O)cc1. The molecule has 0 saturated carbocycles. The third-order valence-electron chi connectivity index (χ3n) is 2.98. The summed E-state index contributed by atoms with van der Waals surface area (Å²) in [5, 5.41) is 3.05. The van der Waals surface area contributed by atoms with Crippen molar-refractivity contribution in [2.24, 2.45) is 5.92 Å². The van der Waals surface area contributed by atoms with Gasteiger partial charge in [-0.3, -0.25) is 9.59 Å². The Kier molecular flexibility index (Phi) is 3.69. The summed E-state index contributed by atoms with van der Waals surface area (Å²) in [6.45, 7) is 4.77. The van der Waals surface area contributed by atoms with Crippen LogP contribution in [-0.2, 0) is 0 Å². The summed E-state index contributed by atoms with van der Waals surface area (Å²) < 4.78 is 5.07. The maximum Gasteiger partial charge on any atom is 0.250 e. The molecular weight excluding hydrogens is 242 g/mol. The Labute approximate surface area is 111 Å². The van der Waals surface area contributed by atoms with Crippen LogP contribution in [0.1, 0.15) is 13.8 Å². The molecule has 2 aromatic rings. The van der Waals surface area contributed by atoms with E-state index >= 15 is 0 Å². The lowest BCUT2D eigenvalue weighted by Gasteiger charge is -2.15. The van der Waals surface area contributed by atoms with E-state index < -0.39 is 10.9 Å². The van der Waals surface area contributed by atoms with Crippen LogP contribution in [0.5, 0.6) is 5.75 Å².